The molecule has 5 nitrogen and oxygen atoms in total. The van der Waals surface area contributed by atoms with Crippen LogP contribution in [0.1, 0.15) is 0 Å². The number of nitrogens with zero attached hydrogens (tertiary/aromatic N) is 3. The summed E-state index contributed by atoms with van der Waals surface area (Å²) in [6.07, 6.45) is 3.27. The van der Waals surface area contributed by atoms with E-state index in [4.69, 9.17) is 11.6 Å². The van der Waals surface area contributed by atoms with Crippen molar-refractivity contribution >= 4 is 34.4 Å². The lowest BCUT2D eigenvalue weighted by Gasteiger charge is -2.04. The van der Waals surface area contributed by atoms with Crippen LogP contribution in [0.2, 0.25) is 5.02 Å². The number of hydrogen-bond donors (Lipinski definition) is 1. The van der Waals surface area contributed by atoms with Crippen LogP contribution in [0.5, 0.6) is 0 Å². The molecule has 0 spiro atoms. The first-order valence-electron chi connectivity index (χ1n) is 6.17. The maximum atomic E-state index is 12.1. The van der Waals surface area contributed by atoms with Gasteiger partial charge in [0, 0.05) is 10.8 Å². The molecule has 0 radical (unpaired) electrons. The van der Waals surface area contributed by atoms with Crippen LogP contribution in [0.15, 0.2) is 53.1 Å². The van der Waals surface area contributed by atoms with Gasteiger partial charge in [0.15, 0.2) is 10.8 Å². The van der Waals surface area contributed by atoms with Crippen molar-refractivity contribution in [3.63, 3.8) is 0 Å². The number of hydrogen-bond acceptors (Lipinski definition) is 4. The first-order valence-corrected chi connectivity index (χ1v) is 7.53. The molecule has 0 fully saturated rings. The first kappa shape index (κ1) is 13.9. The highest BCUT2D eigenvalue weighted by Crippen LogP contribution is 2.19. The minimum absolute atomic E-state index is 0.202. The van der Waals surface area contributed by atoms with Gasteiger partial charge in [0.1, 0.15) is 5.39 Å². The number of halogens is 1. The average molecular weight is 319 g/mol. The van der Waals surface area contributed by atoms with E-state index < -0.39 is 0 Å². The second-order valence-corrected chi connectivity index (χ2v) is 5.69. The molecular formula is C14H11ClN4OS. The van der Waals surface area contributed by atoms with Gasteiger partial charge in [-0.05, 0) is 24.3 Å². The zero-order valence-corrected chi connectivity index (χ0v) is 12.5. The monoisotopic (exact) mass is 318 g/mol. The second kappa shape index (κ2) is 5.75. The fraction of sp³-hybridized carbons (Fsp3) is 0.0714. The largest absolute Gasteiger partial charge is 0.301 e. The van der Waals surface area contributed by atoms with Crippen molar-refractivity contribution < 1.29 is 0 Å². The van der Waals surface area contributed by atoms with Crippen LogP contribution in [0, 0.1) is 0 Å². The summed E-state index contributed by atoms with van der Waals surface area (Å²) >= 11 is 7.30. The third-order valence-electron chi connectivity index (χ3n) is 2.83. The number of nitrogens with one attached hydrogen (secondary N) is 1. The van der Waals surface area contributed by atoms with Gasteiger partial charge in [-0.15, -0.1) is 6.58 Å². The van der Waals surface area contributed by atoms with Crippen LogP contribution in [0.25, 0.3) is 16.7 Å². The molecular weight excluding hydrogens is 308 g/mol. The maximum Gasteiger partial charge on any atom is 0.262 e. The highest BCUT2D eigenvalue weighted by atomic mass is 35.5. The standard InChI is InChI=1S/C14H11ClN4OS/c1-2-7-21-14-17-12-11(13(20)18-14)8-16-19(12)10-5-3-9(15)4-6-10/h2-6,8H,1,7H2,(H,17,18,20). The van der Waals surface area contributed by atoms with Crippen LogP contribution in [-0.4, -0.2) is 25.5 Å². The number of aromatic nitrogens is 4. The Balaban J connectivity index is 2.15. The summed E-state index contributed by atoms with van der Waals surface area (Å²) in [7, 11) is 0. The van der Waals surface area contributed by atoms with Crippen LogP contribution in [0.4, 0.5) is 0 Å². The lowest BCUT2D eigenvalue weighted by atomic mass is 10.3. The number of benzene rings is 1. The Labute approximate surface area is 129 Å². The van der Waals surface area contributed by atoms with Gasteiger partial charge in [-0.1, -0.05) is 29.4 Å². The Morgan fingerprint density at radius 3 is 2.86 bits per heavy atom. The lowest BCUT2D eigenvalue weighted by molar-refractivity contribution is 0.873. The van der Waals surface area contributed by atoms with Crippen LogP contribution < -0.4 is 5.56 Å². The summed E-state index contributed by atoms with van der Waals surface area (Å²) in [5.41, 5.74) is 1.12. The van der Waals surface area contributed by atoms with E-state index in [1.807, 2.05) is 12.1 Å². The van der Waals surface area contributed by atoms with Gasteiger partial charge >= 0.3 is 0 Å². The number of aromatic amines is 1. The SMILES string of the molecule is C=CCSc1nc2c(cnn2-c2ccc(Cl)cc2)c(=O)[nH]1. The molecule has 2 heterocycles. The summed E-state index contributed by atoms with van der Waals surface area (Å²) in [5, 5.41) is 5.88. The fourth-order valence-electron chi connectivity index (χ4n) is 1.88. The molecule has 7 heteroatoms. The van der Waals surface area contributed by atoms with Crippen molar-refractivity contribution in [3.8, 4) is 5.69 Å². The van der Waals surface area contributed by atoms with Crippen LogP contribution >= 0.6 is 23.4 Å². The van der Waals surface area contributed by atoms with E-state index in [-0.39, 0.29) is 5.56 Å². The summed E-state index contributed by atoms with van der Waals surface area (Å²) in [6, 6.07) is 7.19. The molecule has 2 aromatic heterocycles. The van der Waals surface area contributed by atoms with Gasteiger partial charge in [0.2, 0.25) is 0 Å². The molecule has 0 saturated heterocycles. The summed E-state index contributed by atoms with van der Waals surface area (Å²) in [6.45, 7) is 3.65. The normalized spacial score (nSPS) is 10.9. The van der Waals surface area contributed by atoms with Gasteiger partial charge in [-0.25, -0.2) is 9.67 Å². The summed E-state index contributed by atoms with van der Waals surface area (Å²) < 4.78 is 1.62. The fourth-order valence-corrected chi connectivity index (χ4v) is 2.59. The summed E-state index contributed by atoms with van der Waals surface area (Å²) in [5.74, 6) is 0.670. The van der Waals surface area contributed by atoms with Crippen molar-refractivity contribution in [2.75, 3.05) is 5.75 Å². The first-order chi connectivity index (χ1) is 10.2. The van der Waals surface area contributed by atoms with Crippen LogP contribution in [-0.2, 0) is 0 Å². The van der Waals surface area contributed by atoms with Crippen molar-refractivity contribution in [2.24, 2.45) is 0 Å². The Morgan fingerprint density at radius 1 is 1.38 bits per heavy atom. The van der Waals surface area contributed by atoms with Crippen molar-refractivity contribution in [3.05, 3.63) is 58.5 Å². The van der Waals surface area contributed by atoms with E-state index in [1.165, 1.54) is 18.0 Å². The Morgan fingerprint density at radius 2 is 2.14 bits per heavy atom. The Hall–Kier alpha value is -2.05. The quantitative estimate of drug-likeness (QED) is 0.456. The van der Waals surface area contributed by atoms with Gasteiger partial charge in [0.25, 0.3) is 5.56 Å². The molecule has 0 aliphatic rings. The molecule has 0 aliphatic carbocycles. The Bertz CT molecular complexity index is 854. The highest BCUT2D eigenvalue weighted by Gasteiger charge is 2.11. The van der Waals surface area contributed by atoms with E-state index >= 15 is 0 Å². The van der Waals surface area contributed by atoms with Gasteiger partial charge in [0.05, 0.1) is 11.9 Å². The van der Waals surface area contributed by atoms with E-state index in [0.29, 0.717) is 27.0 Å². The van der Waals surface area contributed by atoms with Gasteiger partial charge in [-0.2, -0.15) is 5.10 Å². The van der Waals surface area contributed by atoms with Gasteiger partial charge < -0.3 is 4.98 Å². The van der Waals surface area contributed by atoms with Crippen LogP contribution in [0.3, 0.4) is 0 Å². The predicted octanol–water partition coefficient (Wildman–Crippen LogP) is 3.04. The minimum atomic E-state index is -0.202. The maximum absolute atomic E-state index is 12.1. The molecule has 1 N–H and O–H groups in total. The van der Waals surface area contributed by atoms with Crippen molar-refractivity contribution in [2.45, 2.75) is 5.16 Å². The molecule has 0 aliphatic heterocycles. The zero-order chi connectivity index (χ0) is 14.8. The molecule has 106 valence electrons. The molecule has 1 aromatic carbocycles. The van der Waals surface area contributed by atoms with E-state index in [2.05, 4.69) is 21.6 Å². The summed E-state index contributed by atoms with van der Waals surface area (Å²) in [4.78, 5) is 19.2. The molecule has 0 saturated carbocycles. The Kier molecular flexibility index (Phi) is 3.81. The molecule has 0 unspecified atom stereocenters. The van der Waals surface area contributed by atoms with E-state index in [1.54, 1.807) is 22.9 Å². The molecule has 0 amide bonds. The van der Waals surface area contributed by atoms with E-state index in [0.717, 1.165) is 5.69 Å². The van der Waals surface area contributed by atoms with Crippen molar-refractivity contribution in [1.82, 2.24) is 19.7 Å². The minimum Gasteiger partial charge on any atom is -0.301 e. The topological polar surface area (TPSA) is 63.6 Å². The van der Waals surface area contributed by atoms with E-state index in [9.17, 15) is 4.79 Å². The molecule has 21 heavy (non-hydrogen) atoms. The number of rotatable bonds is 4. The number of fused-ring (bicyclic) bond motifs is 1. The zero-order valence-electron chi connectivity index (χ0n) is 10.9. The lowest BCUT2D eigenvalue weighted by Crippen LogP contribution is -2.09. The average Bonchev–Trinajstić information content (AvgIpc) is 2.90. The number of thioether (sulfide) groups is 1. The third kappa shape index (κ3) is 2.72. The second-order valence-electron chi connectivity index (χ2n) is 4.24. The highest BCUT2D eigenvalue weighted by molar-refractivity contribution is 7.99. The smallest absolute Gasteiger partial charge is 0.262 e. The third-order valence-corrected chi connectivity index (χ3v) is 3.95. The number of H-pyrrole nitrogens is 1. The predicted molar refractivity (Wildman–Crippen MR) is 85.4 cm³/mol. The molecule has 0 atom stereocenters. The molecule has 3 rings (SSSR count). The molecule has 0 bridgehead atoms. The van der Waals surface area contributed by atoms with Crippen molar-refractivity contribution in [1.29, 1.82) is 0 Å². The van der Waals surface area contributed by atoms with Gasteiger partial charge in [-0.3, -0.25) is 4.79 Å². The molecule has 3 aromatic rings.